The first-order chi connectivity index (χ1) is 20.6. The van der Waals surface area contributed by atoms with Crippen LogP contribution in [0.5, 0.6) is 23.0 Å². The van der Waals surface area contributed by atoms with Gasteiger partial charge >= 0.3 is 0 Å². The summed E-state index contributed by atoms with van der Waals surface area (Å²) in [5, 5.41) is 0. The summed E-state index contributed by atoms with van der Waals surface area (Å²) in [5.41, 5.74) is 3.46. The van der Waals surface area contributed by atoms with Crippen molar-refractivity contribution >= 4 is 0 Å². The largest absolute Gasteiger partial charge is 0.457 e. The first-order valence-corrected chi connectivity index (χ1v) is 14.3. The summed E-state index contributed by atoms with van der Waals surface area (Å²) in [6.45, 7) is 11.8. The Hall–Kier alpha value is -4.58. The van der Waals surface area contributed by atoms with Gasteiger partial charge in [0.1, 0.15) is 46.3 Å². The predicted molar refractivity (Wildman–Crippen MR) is 168 cm³/mol. The van der Waals surface area contributed by atoms with Gasteiger partial charge in [0.25, 0.3) is 0 Å². The summed E-state index contributed by atoms with van der Waals surface area (Å²) in [6.07, 6.45) is 0. The molecule has 0 N–H and O–H groups in total. The molecule has 6 heteroatoms. The second-order valence-electron chi connectivity index (χ2n) is 13.0. The first-order valence-electron chi connectivity index (χ1n) is 14.3. The maximum absolute atomic E-state index is 14.7. The lowest BCUT2D eigenvalue weighted by Gasteiger charge is -2.20. The lowest BCUT2D eigenvalue weighted by Crippen LogP contribution is -2.11. The summed E-state index contributed by atoms with van der Waals surface area (Å²) < 4.78 is 69.7. The molecule has 0 radical (unpaired) electrons. The Morgan fingerprint density at radius 3 is 0.977 bits per heavy atom. The summed E-state index contributed by atoms with van der Waals surface area (Å²) in [4.78, 5) is 0. The van der Waals surface area contributed by atoms with Crippen molar-refractivity contribution in [3.05, 3.63) is 131 Å². The Morgan fingerprint density at radius 1 is 0.364 bits per heavy atom. The minimum atomic E-state index is -0.507. The second kappa shape index (κ2) is 11.8. The molecule has 0 bridgehead atoms. The Labute approximate surface area is 255 Å². The average Bonchev–Trinajstić information content (AvgIpc) is 2.91. The fraction of sp³-hybridized carbons (Fsp3) is 0.211. The summed E-state index contributed by atoms with van der Waals surface area (Å²) in [5.74, 6) is -0.868. The standard InChI is InChI=1S/C38H34F4O2/c1-37(2,3)27-15-31(41)21-35(17-27)43-33-13-25(11-29(39)19-33)23-7-9-24(10-8-23)26-12-30(40)20-34(14-26)44-36-18-28(38(4,5)6)16-32(42)22-36/h7-22H,1-6H3. The smallest absolute Gasteiger partial charge is 0.130 e. The zero-order valence-electron chi connectivity index (χ0n) is 25.6. The highest BCUT2D eigenvalue weighted by Gasteiger charge is 2.18. The van der Waals surface area contributed by atoms with Gasteiger partial charge in [0.15, 0.2) is 0 Å². The van der Waals surface area contributed by atoms with Crippen LogP contribution in [0.1, 0.15) is 52.7 Å². The third-order valence-electron chi connectivity index (χ3n) is 7.24. The number of hydrogen-bond acceptors (Lipinski definition) is 2. The third kappa shape index (κ3) is 7.49. The molecule has 0 aliphatic carbocycles. The molecule has 0 spiro atoms. The van der Waals surface area contributed by atoms with Crippen LogP contribution in [0.4, 0.5) is 17.6 Å². The molecule has 0 aromatic heterocycles. The van der Waals surface area contributed by atoms with E-state index in [4.69, 9.17) is 9.47 Å². The molecular formula is C38H34F4O2. The van der Waals surface area contributed by atoms with E-state index in [1.54, 1.807) is 48.5 Å². The zero-order valence-corrected chi connectivity index (χ0v) is 25.6. The van der Waals surface area contributed by atoms with Gasteiger partial charge in [-0.15, -0.1) is 0 Å². The molecule has 5 aromatic carbocycles. The van der Waals surface area contributed by atoms with Gasteiger partial charge in [0.05, 0.1) is 0 Å². The molecular weight excluding hydrogens is 564 g/mol. The number of rotatable bonds is 6. The molecule has 44 heavy (non-hydrogen) atoms. The number of benzene rings is 5. The normalized spacial score (nSPS) is 11.9. The van der Waals surface area contributed by atoms with Crippen LogP contribution in [-0.2, 0) is 10.8 Å². The van der Waals surface area contributed by atoms with Crippen molar-refractivity contribution in [2.45, 2.75) is 52.4 Å². The summed E-state index contributed by atoms with van der Waals surface area (Å²) >= 11 is 0. The van der Waals surface area contributed by atoms with Crippen molar-refractivity contribution in [1.29, 1.82) is 0 Å². The van der Waals surface area contributed by atoms with Crippen LogP contribution in [0.15, 0.2) is 97.1 Å². The van der Waals surface area contributed by atoms with Crippen molar-refractivity contribution in [2.75, 3.05) is 0 Å². The van der Waals surface area contributed by atoms with Gasteiger partial charge in [0.2, 0.25) is 0 Å². The number of halogens is 4. The van der Waals surface area contributed by atoms with E-state index < -0.39 is 23.3 Å². The Morgan fingerprint density at radius 2 is 0.659 bits per heavy atom. The lowest BCUT2D eigenvalue weighted by atomic mass is 9.87. The highest BCUT2D eigenvalue weighted by molar-refractivity contribution is 5.72. The molecule has 0 aliphatic heterocycles. The van der Waals surface area contributed by atoms with Crippen molar-refractivity contribution in [1.82, 2.24) is 0 Å². The van der Waals surface area contributed by atoms with E-state index in [1.165, 1.54) is 48.5 Å². The SMILES string of the molecule is CC(C)(C)c1cc(F)cc(Oc2cc(F)cc(-c3ccc(-c4cc(F)cc(Oc5cc(F)cc(C(C)(C)C)c5)c4)cc3)c2)c1. The van der Waals surface area contributed by atoms with E-state index in [2.05, 4.69) is 0 Å². The van der Waals surface area contributed by atoms with E-state index >= 15 is 0 Å². The molecule has 226 valence electrons. The molecule has 0 aliphatic rings. The number of hydrogen-bond donors (Lipinski definition) is 0. The molecule has 2 nitrogen and oxygen atoms in total. The van der Waals surface area contributed by atoms with Crippen molar-refractivity contribution in [3.8, 4) is 45.3 Å². The molecule has 0 saturated carbocycles. The fourth-order valence-electron chi connectivity index (χ4n) is 4.81. The van der Waals surface area contributed by atoms with Crippen molar-refractivity contribution < 1.29 is 27.0 Å². The molecule has 0 amide bonds. The lowest BCUT2D eigenvalue weighted by molar-refractivity contribution is 0.466. The highest BCUT2D eigenvalue weighted by atomic mass is 19.1. The Bertz CT molecular complexity index is 1680. The van der Waals surface area contributed by atoms with Crippen molar-refractivity contribution in [2.24, 2.45) is 0 Å². The molecule has 5 aromatic rings. The van der Waals surface area contributed by atoms with Crippen LogP contribution in [-0.4, -0.2) is 0 Å². The summed E-state index contributed by atoms with van der Waals surface area (Å²) in [6, 6.07) is 24.7. The molecule has 0 saturated heterocycles. The first kappa shape index (κ1) is 30.9. The molecule has 0 unspecified atom stereocenters. The topological polar surface area (TPSA) is 18.5 Å². The van der Waals surface area contributed by atoms with E-state index in [-0.39, 0.29) is 33.8 Å². The van der Waals surface area contributed by atoms with Gasteiger partial charge in [-0.2, -0.15) is 0 Å². The van der Waals surface area contributed by atoms with Crippen LogP contribution in [0.2, 0.25) is 0 Å². The zero-order chi connectivity index (χ0) is 31.8. The molecule has 0 atom stereocenters. The average molecular weight is 599 g/mol. The second-order valence-corrected chi connectivity index (χ2v) is 13.0. The van der Waals surface area contributed by atoms with Gasteiger partial charge < -0.3 is 9.47 Å². The van der Waals surface area contributed by atoms with E-state index in [9.17, 15) is 17.6 Å². The van der Waals surface area contributed by atoms with Crippen LogP contribution in [0.25, 0.3) is 22.3 Å². The van der Waals surface area contributed by atoms with Gasteiger partial charge in [-0.1, -0.05) is 65.8 Å². The van der Waals surface area contributed by atoms with Gasteiger partial charge in [-0.05, 0) is 92.7 Å². The van der Waals surface area contributed by atoms with E-state index in [0.29, 0.717) is 22.3 Å². The summed E-state index contributed by atoms with van der Waals surface area (Å²) in [7, 11) is 0. The van der Waals surface area contributed by atoms with E-state index in [0.717, 1.165) is 11.1 Å². The van der Waals surface area contributed by atoms with Crippen LogP contribution in [0, 0.1) is 23.3 Å². The molecule has 5 rings (SSSR count). The van der Waals surface area contributed by atoms with Crippen LogP contribution in [0.3, 0.4) is 0 Å². The monoisotopic (exact) mass is 598 g/mol. The maximum atomic E-state index is 14.7. The quantitative estimate of drug-likeness (QED) is 0.181. The van der Waals surface area contributed by atoms with Crippen LogP contribution >= 0.6 is 0 Å². The van der Waals surface area contributed by atoms with Crippen LogP contribution < -0.4 is 9.47 Å². The van der Waals surface area contributed by atoms with Gasteiger partial charge in [-0.3, -0.25) is 0 Å². The van der Waals surface area contributed by atoms with E-state index in [1.807, 2.05) is 41.5 Å². The Kier molecular flexibility index (Phi) is 8.30. The minimum Gasteiger partial charge on any atom is -0.457 e. The highest BCUT2D eigenvalue weighted by Crippen LogP contribution is 2.35. The molecule has 0 heterocycles. The molecule has 0 fully saturated rings. The minimum absolute atomic E-state index is 0.230. The fourth-order valence-corrected chi connectivity index (χ4v) is 4.81. The Balaban J connectivity index is 1.39. The maximum Gasteiger partial charge on any atom is 0.130 e. The number of ether oxygens (including phenoxy) is 2. The van der Waals surface area contributed by atoms with Crippen molar-refractivity contribution in [3.63, 3.8) is 0 Å². The third-order valence-corrected chi connectivity index (χ3v) is 7.24. The van der Waals surface area contributed by atoms with Gasteiger partial charge in [-0.25, -0.2) is 17.6 Å². The van der Waals surface area contributed by atoms with Gasteiger partial charge in [0, 0.05) is 24.3 Å². The predicted octanol–water partition coefficient (Wildman–Crippen LogP) is 11.8.